The van der Waals surface area contributed by atoms with Gasteiger partial charge in [-0.1, -0.05) is 55.8 Å². The van der Waals surface area contributed by atoms with Gasteiger partial charge in [-0.2, -0.15) is 0 Å². The number of hydrogen-bond acceptors (Lipinski definition) is 3. The van der Waals surface area contributed by atoms with E-state index < -0.39 is 0 Å². The predicted molar refractivity (Wildman–Crippen MR) is 99.4 cm³/mol. The predicted octanol–water partition coefficient (Wildman–Crippen LogP) is 5.69. The highest BCUT2D eigenvalue weighted by Crippen LogP contribution is 2.46. The Bertz CT molecular complexity index is 891. The lowest BCUT2D eigenvalue weighted by molar-refractivity contribution is 0.576. The van der Waals surface area contributed by atoms with Crippen LogP contribution in [0.25, 0.3) is 10.8 Å². The zero-order valence-electron chi connectivity index (χ0n) is 13.1. The van der Waals surface area contributed by atoms with Crippen molar-refractivity contribution in [1.82, 2.24) is 4.98 Å². The minimum Gasteiger partial charge on any atom is -0.311 e. The van der Waals surface area contributed by atoms with Crippen molar-refractivity contribution in [3.8, 4) is 0 Å². The first kappa shape index (κ1) is 14.9. The first-order chi connectivity index (χ1) is 11.1. The Morgan fingerprint density at radius 2 is 1.87 bits per heavy atom. The minimum absolute atomic E-state index is 0.160. The van der Waals surface area contributed by atoms with Crippen LogP contribution in [0.2, 0.25) is 5.15 Å². The monoisotopic (exact) mass is 340 g/mol. The average Bonchev–Trinajstić information content (AvgIpc) is 2.80. The third kappa shape index (κ3) is 2.48. The smallest absolute Gasteiger partial charge is 0.136 e. The first-order valence-corrected chi connectivity index (χ1v) is 8.80. The van der Waals surface area contributed by atoms with Crippen molar-refractivity contribution in [2.24, 2.45) is 0 Å². The van der Waals surface area contributed by atoms with Crippen LogP contribution in [0.1, 0.15) is 19.4 Å². The van der Waals surface area contributed by atoms with E-state index >= 15 is 0 Å². The van der Waals surface area contributed by atoms with Crippen LogP contribution in [0.15, 0.2) is 59.6 Å². The van der Waals surface area contributed by atoms with Crippen molar-refractivity contribution >= 4 is 40.0 Å². The number of anilines is 1. The molecule has 0 aliphatic carbocycles. The summed E-state index contributed by atoms with van der Waals surface area (Å²) in [4.78, 5) is 5.39. The number of hydrogen-bond donors (Lipinski definition) is 0. The number of rotatable bonds is 2. The molecule has 4 rings (SSSR count). The van der Waals surface area contributed by atoms with Gasteiger partial charge < -0.3 is 4.31 Å². The van der Waals surface area contributed by atoms with E-state index in [2.05, 4.69) is 53.5 Å². The molecule has 1 aliphatic heterocycles. The standard InChI is InChI=1S/C19H17ClN2S/c1-19(2)12-22(16-8-4-3-7-15(16)19)23-17-9-5-6-14-13(17)10-11-21-18(14)20/h3-11H,12H2,1-2H3. The van der Waals surface area contributed by atoms with E-state index in [1.54, 1.807) is 18.1 Å². The van der Waals surface area contributed by atoms with Gasteiger partial charge in [0.2, 0.25) is 0 Å². The van der Waals surface area contributed by atoms with Gasteiger partial charge in [-0.15, -0.1) is 0 Å². The van der Waals surface area contributed by atoms with E-state index in [4.69, 9.17) is 11.6 Å². The molecule has 1 aromatic heterocycles. The summed E-state index contributed by atoms with van der Waals surface area (Å²) in [5, 5.41) is 2.72. The van der Waals surface area contributed by atoms with Crippen molar-refractivity contribution in [2.45, 2.75) is 24.2 Å². The Balaban J connectivity index is 1.77. The zero-order chi connectivity index (χ0) is 16.0. The fraction of sp³-hybridized carbons (Fsp3) is 0.211. The molecular formula is C19H17ClN2S. The van der Waals surface area contributed by atoms with Crippen LogP contribution in [0, 0.1) is 0 Å². The average molecular weight is 341 g/mol. The summed E-state index contributed by atoms with van der Waals surface area (Å²) in [6, 6.07) is 16.9. The molecule has 0 saturated heterocycles. The highest BCUT2D eigenvalue weighted by Gasteiger charge is 2.35. The summed E-state index contributed by atoms with van der Waals surface area (Å²) in [5.41, 5.74) is 2.87. The summed E-state index contributed by atoms with van der Waals surface area (Å²) < 4.78 is 2.39. The van der Waals surface area contributed by atoms with Crippen LogP contribution in [0.4, 0.5) is 5.69 Å². The van der Waals surface area contributed by atoms with Gasteiger partial charge in [-0.25, -0.2) is 4.98 Å². The number of nitrogens with zero attached hydrogens (tertiary/aromatic N) is 2. The van der Waals surface area contributed by atoms with Gasteiger partial charge in [0.1, 0.15) is 5.15 Å². The summed E-state index contributed by atoms with van der Waals surface area (Å²) in [6.45, 7) is 5.60. The molecule has 3 aromatic rings. The number of halogens is 1. The molecule has 116 valence electrons. The Labute approximate surface area is 145 Å². The first-order valence-electron chi connectivity index (χ1n) is 7.64. The summed E-state index contributed by atoms with van der Waals surface area (Å²) in [7, 11) is 0. The number of aromatic nitrogens is 1. The lowest BCUT2D eigenvalue weighted by Gasteiger charge is -2.21. The van der Waals surface area contributed by atoms with E-state index in [1.807, 2.05) is 18.2 Å². The van der Waals surface area contributed by atoms with Crippen LogP contribution >= 0.6 is 23.5 Å². The maximum absolute atomic E-state index is 6.24. The molecule has 2 aromatic carbocycles. The molecule has 1 aliphatic rings. The van der Waals surface area contributed by atoms with Gasteiger partial charge in [0, 0.05) is 33.8 Å². The molecule has 4 heteroatoms. The zero-order valence-corrected chi connectivity index (χ0v) is 14.7. The molecular weight excluding hydrogens is 324 g/mol. The van der Waals surface area contributed by atoms with E-state index in [0.29, 0.717) is 5.15 Å². The van der Waals surface area contributed by atoms with Gasteiger partial charge in [-0.3, -0.25) is 0 Å². The quantitative estimate of drug-likeness (QED) is 0.440. The van der Waals surface area contributed by atoms with Crippen LogP contribution < -0.4 is 4.31 Å². The van der Waals surface area contributed by atoms with Crippen molar-refractivity contribution in [2.75, 3.05) is 10.8 Å². The second-order valence-electron chi connectivity index (χ2n) is 6.48. The molecule has 0 saturated carbocycles. The van der Waals surface area contributed by atoms with Crippen molar-refractivity contribution in [1.29, 1.82) is 0 Å². The van der Waals surface area contributed by atoms with Crippen LogP contribution in [-0.2, 0) is 5.41 Å². The van der Waals surface area contributed by atoms with E-state index in [1.165, 1.54) is 16.1 Å². The van der Waals surface area contributed by atoms with Gasteiger partial charge >= 0.3 is 0 Å². The van der Waals surface area contributed by atoms with Crippen molar-refractivity contribution in [3.05, 3.63) is 65.4 Å². The topological polar surface area (TPSA) is 16.1 Å². The molecule has 23 heavy (non-hydrogen) atoms. The van der Waals surface area contributed by atoms with Crippen molar-refractivity contribution < 1.29 is 0 Å². The molecule has 0 atom stereocenters. The van der Waals surface area contributed by atoms with Gasteiger partial charge in [0.15, 0.2) is 0 Å². The molecule has 0 unspecified atom stereocenters. The largest absolute Gasteiger partial charge is 0.311 e. The number of pyridine rings is 1. The maximum atomic E-state index is 6.24. The highest BCUT2D eigenvalue weighted by atomic mass is 35.5. The van der Waals surface area contributed by atoms with Gasteiger partial charge in [0.25, 0.3) is 0 Å². The normalized spacial score (nSPS) is 15.9. The SMILES string of the molecule is CC1(C)CN(Sc2cccc3c(Cl)nccc23)c2ccccc21. The molecule has 0 N–H and O–H groups in total. The summed E-state index contributed by atoms with van der Waals surface area (Å²) in [5.74, 6) is 0. The second kappa shape index (κ2) is 5.43. The van der Waals surface area contributed by atoms with E-state index in [0.717, 1.165) is 17.3 Å². The second-order valence-corrected chi connectivity index (χ2v) is 7.90. The molecule has 0 bridgehead atoms. The summed E-state index contributed by atoms with van der Waals surface area (Å²) >= 11 is 8.02. The Kier molecular flexibility index (Phi) is 3.51. The molecule has 2 nitrogen and oxygen atoms in total. The lowest BCUT2D eigenvalue weighted by atomic mass is 9.87. The van der Waals surface area contributed by atoms with Crippen molar-refractivity contribution in [3.63, 3.8) is 0 Å². The minimum atomic E-state index is 0.160. The van der Waals surface area contributed by atoms with E-state index in [-0.39, 0.29) is 5.41 Å². The molecule has 0 amide bonds. The molecule has 0 radical (unpaired) electrons. The Morgan fingerprint density at radius 3 is 2.74 bits per heavy atom. The van der Waals surface area contributed by atoms with Crippen LogP contribution in [-0.4, -0.2) is 11.5 Å². The number of para-hydroxylation sites is 1. The summed E-state index contributed by atoms with van der Waals surface area (Å²) in [6.07, 6.45) is 1.77. The third-order valence-corrected chi connectivity index (χ3v) is 5.77. The van der Waals surface area contributed by atoms with Gasteiger partial charge in [-0.05, 0) is 35.7 Å². The fourth-order valence-electron chi connectivity index (χ4n) is 3.22. The highest BCUT2D eigenvalue weighted by molar-refractivity contribution is 8.00. The number of benzene rings is 2. The van der Waals surface area contributed by atoms with Crippen LogP contribution in [0.3, 0.4) is 0 Å². The van der Waals surface area contributed by atoms with E-state index in [9.17, 15) is 0 Å². The third-order valence-electron chi connectivity index (χ3n) is 4.37. The Hall–Kier alpha value is -1.71. The van der Waals surface area contributed by atoms with Gasteiger partial charge in [0.05, 0.1) is 5.69 Å². The molecule has 0 fully saturated rings. The Morgan fingerprint density at radius 1 is 1.04 bits per heavy atom. The fourth-order valence-corrected chi connectivity index (χ4v) is 4.73. The van der Waals surface area contributed by atoms with Crippen LogP contribution in [0.5, 0.6) is 0 Å². The lowest BCUT2D eigenvalue weighted by Crippen LogP contribution is -2.23. The maximum Gasteiger partial charge on any atom is 0.136 e. The molecule has 2 heterocycles. The molecule has 0 spiro atoms. The number of fused-ring (bicyclic) bond motifs is 2.